The van der Waals surface area contributed by atoms with Gasteiger partial charge in [0.05, 0.1) is 5.69 Å². The molecule has 2 aromatic rings. The number of rotatable bonds is 4. The minimum Gasteiger partial charge on any atom is -0.340 e. The minimum absolute atomic E-state index is 0.899. The first-order chi connectivity index (χ1) is 9.15. The van der Waals surface area contributed by atoms with Gasteiger partial charge < -0.3 is 5.32 Å². The van der Waals surface area contributed by atoms with Crippen LogP contribution in [0.4, 0.5) is 11.5 Å². The standard InChI is InChI=1S/C16H19BrN2/c1-4-12-7-6-8-13(5-2)16(12)19-15-10-9-14(17)11(3)18-15/h6-10H,4-5H2,1-3H3,(H,18,19). The number of para-hydroxylation sites is 1. The van der Waals surface area contributed by atoms with Gasteiger partial charge >= 0.3 is 0 Å². The lowest BCUT2D eigenvalue weighted by Crippen LogP contribution is -2.02. The number of hydrogen-bond acceptors (Lipinski definition) is 2. The van der Waals surface area contributed by atoms with E-state index >= 15 is 0 Å². The van der Waals surface area contributed by atoms with E-state index in [2.05, 4.69) is 58.3 Å². The molecule has 0 aliphatic heterocycles. The summed E-state index contributed by atoms with van der Waals surface area (Å²) in [5.41, 5.74) is 4.88. The van der Waals surface area contributed by atoms with E-state index in [1.165, 1.54) is 16.8 Å². The van der Waals surface area contributed by atoms with Crippen molar-refractivity contribution in [2.24, 2.45) is 0 Å². The van der Waals surface area contributed by atoms with Gasteiger partial charge in [0.2, 0.25) is 0 Å². The Morgan fingerprint density at radius 1 is 1.05 bits per heavy atom. The van der Waals surface area contributed by atoms with Gasteiger partial charge in [0, 0.05) is 10.2 Å². The van der Waals surface area contributed by atoms with Gasteiger partial charge in [0.15, 0.2) is 0 Å². The fourth-order valence-electron chi connectivity index (χ4n) is 2.14. The van der Waals surface area contributed by atoms with Gasteiger partial charge in [-0.1, -0.05) is 32.0 Å². The van der Waals surface area contributed by atoms with Crippen molar-refractivity contribution in [2.75, 3.05) is 5.32 Å². The van der Waals surface area contributed by atoms with Crippen LogP contribution in [0.1, 0.15) is 30.7 Å². The lowest BCUT2D eigenvalue weighted by molar-refractivity contribution is 1.08. The van der Waals surface area contributed by atoms with E-state index in [1.807, 2.05) is 19.1 Å². The summed E-state index contributed by atoms with van der Waals surface area (Å²) >= 11 is 3.48. The highest BCUT2D eigenvalue weighted by Crippen LogP contribution is 2.26. The largest absolute Gasteiger partial charge is 0.340 e. The van der Waals surface area contributed by atoms with E-state index in [0.717, 1.165) is 28.8 Å². The Balaban J connectivity index is 2.39. The molecule has 0 radical (unpaired) electrons. The molecule has 0 saturated heterocycles. The third-order valence-corrected chi connectivity index (χ3v) is 4.11. The second-order valence-electron chi connectivity index (χ2n) is 4.55. The highest BCUT2D eigenvalue weighted by molar-refractivity contribution is 9.10. The Bertz CT molecular complexity index is 557. The number of halogens is 1. The number of nitrogens with one attached hydrogen (secondary N) is 1. The lowest BCUT2D eigenvalue weighted by Gasteiger charge is -2.15. The summed E-state index contributed by atoms with van der Waals surface area (Å²) in [6.07, 6.45) is 2.04. The van der Waals surface area contributed by atoms with Crippen LogP contribution in [0.25, 0.3) is 0 Å². The number of pyridine rings is 1. The van der Waals surface area contributed by atoms with Crippen molar-refractivity contribution in [2.45, 2.75) is 33.6 Å². The molecule has 0 aliphatic carbocycles. The normalized spacial score (nSPS) is 10.5. The molecule has 2 rings (SSSR count). The average molecular weight is 319 g/mol. The second kappa shape index (κ2) is 6.20. The molecule has 1 N–H and O–H groups in total. The fraction of sp³-hybridized carbons (Fsp3) is 0.312. The van der Waals surface area contributed by atoms with E-state index in [1.54, 1.807) is 0 Å². The van der Waals surface area contributed by atoms with Crippen LogP contribution in [-0.2, 0) is 12.8 Å². The highest BCUT2D eigenvalue weighted by Gasteiger charge is 2.07. The Morgan fingerprint density at radius 2 is 1.68 bits per heavy atom. The van der Waals surface area contributed by atoms with Gasteiger partial charge in [-0.3, -0.25) is 0 Å². The van der Waals surface area contributed by atoms with Gasteiger partial charge in [0.25, 0.3) is 0 Å². The molecule has 0 atom stereocenters. The van der Waals surface area contributed by atoms with Gasteiger partial charge in [-0.2, -0.15) is 0 Å². The molecule has 1 heterocycles. The summed E-state index contributed by atoms with van der Waals surface area (Å²) in [7, 11) is 0. The van der Waals surface area contributed by atoms with Crippen LogP contribution >= 0.6 is 15.9 Å². The maximum atomic E-state index is 4.56. The summed E-state index contributed by atoms with van der Waals surface area (Å²) in [5, 5.41) is 3.48. The summed E-state index contributed by atoms with van der Waals surface area (Å²) in [4.78, 5) is 4.56. The van der Waals surface area contributed by atoms with Crippen molar-refractivity contribution in [1.29, 1.82) is 0 Å². The molecule has 1 aromatic heterocycles. The Hall–Kier alpha value is -1.35. The van der Waals surface area contributed by atoms with E-state index in [9.17, 15) is 0 Å². The van der Waals surface area contributed by atoms with E-state index in [4.69, 9.17) is 0 Å². The number of anilines is 2. The molecule has 0 aliphatic rings. The van der Waals surface area contributed by atoms with Crippen molar-refractivity contribution < 1.29 is 0 Å². The van der Waals surface area contributed by atoms with Crippen molar-refractivity contribution >= 4 is 27.4 Å². The maximum absolute atomic E-state index is 4.56. The Labute approximate surface area is 123 Å². The number of hydrogen-bond donors (Lipinski definition) is 1. The van der Waals surface area contributed by atoms with Gasteiger partial charge in [-0.05, 0) is 59.0 Å². The summed E-state index contributed by atoms with van der Waals surface area (Å²) < 4.78 is 1.04. The van der Waals surface area contributed by atoms with E-state index in [-0.39, 0.29) is 0 Å². The van der Waals surface area contributed by atoms with Crippen molar-refractivity contribution in [1.82, 2.24) is 4.98 Å². The van der Waals surface area contributed by atoms with E-state index < -0.39 is 0 Å². The second-order valence-corrected chi connectivity index (χ2v) is 5.40. The molecule has 100 valence electrons. The monoisotopic (exact) mass is 318 g/mol. The molecular weight excluding hydrogens is 300 g/mol. The number of aromatic nitrogens is 1. The molecule has 0 bridgehead atoms. The quantitative estimate of drug-likeness (QED) is 0.856. The molecule has 0 unspecified atom stereocenters. The third kappa shape index (κ3) is 3.16. The van der Waals surface area contributed by atoms with Gasteiger partial charge in [-0.25, -0.2) is 4.98 Å². The summed E-state index contributed by atoms with van der Waals surface area (Å²) in [5.74, 6) is 0.899. The zero-order valence-corrected chi connectivity index (χ0v) is 13.2. The first kappa shape index (κ1) is 14.1. The maximum Gasteiger partial charge on any atom is 0.130 e. The van der Waals surface area contributed by atoms with Crippen LogP contribution in [0, 0.1) is 6.92 Å². The van der Waals surface area contributed by atoms with Crippen LogP contribution < -0.4 is 5.32 Å². The predicted molar refractivity (Wildman–Crippen MR) is 85.2 cm³/mol. The first-order valence-corrected chi connectivity index (χ1v) is 7.46. The summed E-state index contributed by atoms with van der Waals surface area (Å²) in [6.45, 7) is 6.36. The molecule has 0 spiro atoms. The minimum atomic E-state index is 0.899. The van der Waals surface area contributed by atoms with Crippen LogP contribution in [0.3, 0.4) is 0 Å². The van der Waals surface area contributed by atoms with Crippen molar-refractivity contribution in [3.63, 3.8) is 0 Å². The predicted octanol–water partition coefficient (Wildman–Crippen LogP) is 5.02. The van der Waals surface area contributed by atoms with Crippen LogP contribution in [0.2, 0.25) is 0 Å². The lowest BCUT2D eigenvalue weighted by atomic mass is 10.0. The zero-order valence-electron chi connectivity index (χ0n) is 11.6. The van der Waals surface area contributed by atoms with E-state index in [0.29, 0.717) is 0 Å². The average Bonchev–Trinajstić information content (AvgIpc) is 2.43. The molecule has 3 heteroatoms. The first-order valence-electron chi connectivity index (χ1n) is 6.66. The van der Waals surface area contributed by atoms with Crippen LogP contribution in [-0.4, -0.2) is 4.98 Å². The topological polar surface area (TPSA) is 24.9 Å². The Kier molecular flexibility index (Phi) is 4.59. The van der Waals surface area contributed by atoms with Gasteiger partial charge in [-0.15, -0.1) is 0 Å². The van der Waals surface area contributed by atoms with Crippen LogP contribution in [0.15, 0.2) is 34.8 Å². The smallest absolute Gasteiger partial charge is 0.130 e. The third-order valence-electron chi connectivity index (χ3n) is 3.27. The molecule has 2 nitrogen and oxygen atoms in total. The highest BCUT2D eigenvalue weighted by atomic mass is 79.9. The number of nitrogens with zero attached hydrogens (tertiary/aromatic N) is 1. The molecule has 19 heavy (non-hydrogen) atoms. The molecule has 1 aromatic carbocycles. The molecular formula is C16H19BrN2. The Morgan fingerprint density at radius 3 is 2.21 bits per heavy atom. The number of aryl methyl sites for hydroxylation is 3. The fourth-order valence-corrected chi connectivity index (χ4v) is 2.37. The molecule has 0 saturated carbocycles. The molecule has 0 fully saturated rings. The molecule has 0 amide bonds. The van der Waals surface area contributed by atoms with Crippen molar-refractivity contribution in [3.8, 4) is 0 Å². The summed E-state index contributed by atoms with van der Waals surface area (Å²) in [6, 6.07) is 10.5. The SMILES string of the molecule is CCc1cccc(CC)c1Nc1ccc(Br)c(C)n1. The van der Waals surface area contributed by atoms with Crippen LogP contribution in [0.5, 0.6) is 0 Å². The zero-order chi connectivity index (χ0) is 13.8. The van der Waals surface area contributed by atoms with Crippen molar-refractivity contribution in [3.05, 3.63) is 51.6 Å². The van der Waals surface area contributed by atoms with Gasteiger partial charge in [0.1, 0.15) is 5.82 Å². The number of benzene rings is 1.